The molecule has 13 heavy (non-hydrogen) atoms. The summed E-state index contributed by atoms with van der Waals surface area (Å²) >= 11 is 0. The van der Waals surface area contributed by atoms with Crippen LogP contribution in [0.4, 0.5) is 0 Å². The molecule has 1 saturated carbocycles. The summed E-state index contributed by atoms with van der Waals surface area (Å²) in [5.74, 6) is 1.63. The van der Waals surface area contributed by atoms with E-state index in [1.807, 2.05) is 0 Å². The van der Waals surface area contributed by atoms with Gasteiger partial charge in [-0.25, -0.2) is 0 Å². The Morgan fingerprint density at radius 1 is 1.08 bits per heavy atom. The second-order valence-electron chi connectivity index (χ2n) is 6.05. The van der Waals surface area contributed by atoms with Crippen LogP contribution in [-0.4, -0.2) is 13.1 Å². The Morgan fingerprint density at radius 3 is 1.85 bits per heavy atom. The van der Waals surface area contributed by atoms with Crippen molar-refractivity contribution in [2.75, 3.05) is 13.1 Å². The van der Waals surface area contributed by atoms with Crippen LogP contribution >= 0.6 is 0 Å². The van der Waals surface area contributed by atoms with Gasteiger partial charge in [0, 0.05) is 0 Å². The lowest BCUT2D eigenvalue weighted by Gasteiger charge is -2.07. The van der Waals surface area contributed by atoms with Crippen LogP contribution in [0.2, 0.25) is 0 Å². The molecular weight excluding hydrogens is 158 g/mol. The molecule has 1 nitrogen and oxygen atoms in total. The highest BCUT2D eigenvalue weighted by Gasteiger charge is 2.63. The molecule has 0 aliphatic heterocycles. The number of nitrogens with one attached hydrogen (secondary N) is 1. The lowest BCUT2D eigenvalue weighted by Crippen LogP contribution is -2.23. The van der Waals surface area contributed by atoms with Crippen LogP contribution in [0.1, 0.15) is 41.5 Å². The molecule has 1 fully saturated rings. The minimum atomic E-state index is 0.539. The Bertz CT molecular complexity index is 166. The molecule has 1 rings (SSSR count). The van der Waals surface area contributed by atoms with Crippen LogP contribution in [0.25, 0.3) is 0 Å². The number of hydrogen-bond donors (Lipinski definition) is 1. The fourth-order valence-corrected chi connectivity index (χ4v) is 2.36. The van der Waals surface area contributed by atoms with Crippen LogP contribution in [0.15, 0.2) is 0 Å². The molecule has 0 aromatic rings. The fourth-order valence-electron chi connectivity index (χ4n) is 2.36. The summed E-state index contributed by atoms with van der Waals surface area (Å²) in [7, 11) is 0. The predicted molar refractivity (Wildman–Crippen MR) is 58.8 cm³/mol. The van der Waals surface area contributed by atoms with Gasteiger partial charge in [0.15, 0.2) is 0 Å². The molecule has 0 aromatic carbocycles. The van der Waals surface area contributed by atoms with Crippen LogP contribution in [0.5, 0.6) is 0 Å². The fraction of sp³-hybridized carbons (Fsp3) is 1.00. The highest BCUT2D eigenvalue weighted by Crippen LogP contribution is 2.67. The molecule has 0 heterocycles. The first-order chi connectivity index (χ1) is 5.80. The summed E-state index contributed by atoms with van der Waals surface area (Å²) in [6.45, 7) is 16.4. The summed E-state index contributed by atoms with van der Waals surface area (Å²) in [6.07, 6.45) is 0. The van der Waals surface area contributed by atoms with Crippen molar-refractivity contribution in [3.8, 4) is 0 Å². The average Bonchev–Trinajstić information content (AvgIpc) is 2.30. The van der Waals surface area contributed by atoms with Crippen molar-refractivity contribution >= 4 is 0 Å². The monoisotopic (exact) mass is 183 g/mol. The lowest BCUT2D eigenvalue weighted by molar-refractivity contribution is 0.457. The maximum Gasteiger partial charge on any atom is -0.000978 e. The van der Waals surface area contributed by atoms with Gasteiger partial charge >= 0.3 is 0 Å². The van der Waals surface area contributed by atoms with Gasteiger partial charge in [0.1, 0.15) is 0 Å². The molecule has 1 aliphatic carbocycles. The van der Waals surface area contributed by atoms with E-state index in [1.165, 1.54) is 6.54 Å². The first kappa shape index (κ1) is 11.0. The Labute approximate surface area is 83.3 Å². The lowest BCUT2D eigenvalue weighted by atomic mass is 10.0. The van der Waals surface area contributed by atoms with Gasteiger partial charge in [0.05, 0.1) is 0 Å². The average molecular weight is 183 g/mol. The Hall–Kier alpha value is -0.0400. The van der Waals surface area contributed by atoms with Crippen molar-refractivity contribution in [3.05, 3.63) is 0 Å². The van der Waals surface area contributed by atoms with Crippen molar-refractivity contribution in [2.45, 2.75) is 41.5 Å². The first-order valence-electron chi connectivity index (χ1n) is 5.51. The Kier molecular flexibility index (Phi) is 2.78. The van der Waals surface area contributed by atoms with Crippen molar-refractivity contribution in [1.82, 2.24) is 5.32 Å². The van der Waals surface area contributed by atoms with Crippen molar-refractivity contribution < 1.29 is 0 Å². The van der Waals surface area contributed by atoms with E-state index in [4.69, 9.17) is 0 Å². The molecule has 0 aromatic heterocycles. The second-order valence-corrected chi connectivity index (χ2v) is 6.05. The maximum atomic E-state index is 3.56. The standard InChI is InChI=1S/C12H25N/c1-9(2)7-13-8-10-11(3,4)12(10,5)6/h9-10,13H,7-8H2,1-6H3. The van der Waals surface area contributed by atoms with Crippen LogP contribution < -0.4 is 5.32 Å². The van der Waals surface area contributed by atoms with Crippen LogP contribution in [0, 0.1) is 22.7 Å². The Balaban J connectivity index is 2.26. The minimum absolute atomic E-state index is 0.539. The van der Waals surface area contributed by atoms with Crippen LogP contribution in [-0.2, 0) is 0 Å². The third kappa shape index (κ3) is 1.90. The summed E-state index contributed by atoms with van der Waals surface area (Å²) in [4.78, 5) is 0. The zero-order chi connectivity index (χ0) is 10.3. The molecule has 1 heteroatoms. The van der Waals surface area contributed by atoms with E-state index in [-0.39, 0.29) is 0 Å². The minimum Gasteiger partial charge on any atom is -0.316 e. The van der Waals surface area contributed by atoms with Gasteiger partial charge in [-0.2, -0.15) is 0 Å². The molecular formula is C12H25N. The van der Waals surface area contributed by atoms with E-state index < -0.39 is 0 Å². The molecule has 0 saturated heterocycles. The second kappa shape index (κ2) is 3.27. The largest absolute Gasteiger partial charge is 0.316 e. The third-order valence-electron chi connectivity index (χ3n) is 4.22. The Morgan fingerprint density at radius 2 is 1.54 bits per heavy atom. The van der Waals surface area contributed by atoms with Crippen molar-refractivity contribution in [3.63, 3.8) is 0 Å². The van der Waals surface area contributed by atoms with Crippen LogP contribution in [0.3, 0.4) is 0 Å². The topological polar surface area (TPSA) is 12.0 Å². The summed E-state index contributed by atoms with van der Waals surface area (Å²) < 4.78 is 0. The third-order valence-corrected chi connectivity index (χ3v) is 4.22. The van der Waals surface area contributed by atoms with E-state index >= 15 is 0 Å². The summed E-state index contributed by atoms with van der Waals surface area (Å²) in [6, 6.07) is 0. The van der Waals surface area contributed by atoms with Gasteiger partial charge in [0.25, 0.3) is 0 Å². The normalized spacial score (nSPS) is 25.2. The highest BCUT2D eigenvalue weighted by molar-refractivity contribution is 5.12. The predicted octanol–water partition coefficient (Wildman–Crippen LogP) is 2.91. The van der Waals surface area contributed by atoms with Gasteiger partial charge in [-0.1, -0.05) is 41.5 Å². The van der Waals surface area contributed by atoms with E-state index in [2.05, 4.69) is 46.9 Å². The van der Waals surface area contributed by atoms with Gasteiger partial charge < -0.3 is 5.32 Å². The smallest absolute Gasteiger partial charge is 0.000978 e. The molecule has 0 amide bonds. The molecule has 1 aliphatic rings. The molecule has 0 bridgehead atoms. The molecule has 78 valence electrons. The number of hydrogen-bond acceptors (Lipinski definition) is 1. The van der Waals surface area contributed by atoms with E-state index in [1.54, 1.807) is 0 Å². The van der Waals surface area contributed by atoms with Gasteiger partial charge in [-0.15, -0.1) is 0 Å². The molecule has 1 N–H and O–H groups in total. The first-order valence-corrected chi connectivity index (χ1v) is 5.51. The van der Waals surface area contributed by atoms with Gasteiger partial charge in [-0.3, -0.25) is 0 Å². The van der Waals surface area contributed by atoms with E-state index in [0.29, 0.717) is 10.8 Å². The van der Waals surface area contributed by atoms with Gasteiger partial charge in [-0.05, 0) is 35.8 Å². The quantitative estimate of drug-likeness (QED) is 0.706. The highest BCUT2D eigenvalue weighted by atomic mass is 14.9. The van der Waals surface area contributed by atoms with Gasteiger partial charge in [0.2, 0.25) is 0 Å². The summed E-state index contributed by atoms with van der Waals surface area (Å²) in [5, 5.41) is 3.56. The maximum absolute atomic E-state index is 3.56. The summed E-state index contributed by atoms with van der Waals surface area (Å²) in [5.41, 5.74) is 1.08. The molecule has 0 radical (unpaired) electrons. The zero-order valence-corrected chi connectivity index (χ0v) is 10.1. The zero-order valence-electron chi connectivity index (χ0n) is 10.1. The molecule has 0 atom stereocenters. The van der Waals surface area contributed by atoms with Crippen molar-refractivity contribution in [2.24, 2.45) is 22.7 Å². The number of rotatable bonds is 4. The SMILES string of the molecule is CC(C)CNCC1C(C)(C)C1(C)C. The molecule has 0 spiro atoms. The van der Waals surface area contributed by atoms with E-state index in [0.717, 1.165) is 18.4 Å². The van der Waals surface area contributed by atoms with E-state index in [9.17, 15) is 0 Å². The van der Waals surface area contributed by atoms with Crippen molar-refractivity contribution in [1.29, 1.82) is 0 Å². The molecule has 0 unspecified atom stereocenters.